The minimum absolute atomic E-state index is 0.530. The van der Waals surface area contributed by atoms with Crippen molar-refractivity contribution < 1.29 is 4.74 Å². The molecule has 4 nitrogen and oxygen atoms in total. The fourth-order valence-corrected chi connectivity index (χ4v) is 1.58. The van der Waals surface area contributed by atoms with Crippen LogP contribution in [0.4, 0.5) is 0 Å². The molecule has 0 radical (unpaired) electrons. The van der Waals surface area contributed by atoms with Crippen LogP contribution in [0.25, 0.3) is 5.65 Å². The van der Waals surface area contributed by atoms with Crippen LogP contribution >= 0.6 is 15.9 Å². The van der Waals surface area contributed by atoms with Crippen LogP contribution in [-0.4, -0.2) is 21.5 Å². The first-order valence-corrected chi connectivity index (χ1v) is 4.56. The number of hydrogen-bond donors (Lipinski definition) is 0. The second-order valence-corrected chi connectivity index (χ2v) is 3.50. The van der Waals surface area contributed by atoms with Crippen molar-refractivity contribution in [1.29, 1.82) is 0 Å². The SMILES string of the molecule is COc1nc(Br)cn2cc(C)nc12. The van der Waals surface area contributed by atoms with E-state index in [0.29, 0.717) is 5.88 Å². The number of rotatable bonds is 1. The summed E-state index contributed by atoms with van der Waals surface area (Å²) in [7, 11) is 1.58. The molecule has 0 aliphatic rings. The molecule has 2 heterocycles. The Morgan fingerprint density at radius 1 is 1.38 bits per heavy atom. The van der Waals surface area contributed by atoms with Gasteiger partial charge in [0.05, 0.1) is 12.8 Å². The monoisotopic (exact) mass is 241 g/mol. The molecule has 0 amide bonds. The average molecular weight is 242 g/mol. The fraction of sp³-hybridized carbons (Fsp3) is 0.250. The highest BCUT2D eigenvalue weighted by Gasteiger charge is 2.07. The zero-order valence-electron chi connectivity index (χ0n) is 7.28. The lowest BCUT2D eigenvalue weighted by atomic mass is 10.6. The van der Waals surface area contributed by atoms with E-state index in [9.17, 15) is 0 Å². The van der Waals surface area contributed by atoms with E-state index in [1.807, 2.05) is 23.7 Å². The normalized spacial score (nSPS) is 10.7. The molecule has 2 aromatic heterocycles. The molecule has 0 aliphatic carbocycles. The number of methoxy groups -OCH3 is 1. The molecule has 2 rings (SSSR count). The van der Waals surface area contributed by atoms with Gasteiger partial charge in [0.15, 0.2) is 0 Å². The Kier molecular flexibility index (Phi) is 1.95. The van der Waals surface area contributed by atoms with Crippen LogP contribution in [0, 0.1) is 6.92 Å². The maximum atomic E-state index is 5.10. The highest BCUT2D eigenvalue weighted by molar-refractivity contribution is 9.10. The van der Waals surface area contributed by atoms with Gasteiger partial charge in [-0.3, -0.25) is 4.40 Å². The molecule has 0 spiro atoms. The summed E-state index contributed by atoms with van der Waals surface area (Å²) in [5, 5.41) is 0. The van der Waals surface area contributed by atoms with Crippen LogP contribution < -0.4 is 4.74 Å². The van der Waals surface area contributed by atoms with Gasteiger partial charge >= 0.3 is 0 Å². The topological polar surface area (TPSA) is 39.4 Å². The Labute approximate surface area is 83.7 Å². The van der Waals surface area contributed by atoms with E-state index in [1.54, 1.807) is 7.11 Å². The summed E-state index contributed by atoms with van der Waals surface area (Å²) in [6, 6.07) is 0. The molecule has 0 saturated heterocycles. The Hall–Kier alpha value is -1.10. The number of imidazole rings is 1. The molecule has 0 atom stereocenters. The standard InChI is InChI=1S/C8H8BrN3O/c1-5-3-12-4-6(9)11-8(13-2)7(12)10-5/h3-4H,1-2H3. The van der Waals surface area contributed by atoms with Crippen LogP contribution in [0.15, 0.2) is 17.0 Å². The van der Waals surface area contributed by atoms with Crippen LogP contribution in [-0.2, 0) is 0 Å². The van der Waals surface area contributed by atoms with E-state index < -0.39 is 0 Å². The van der Waals surface area contributed by atoms with Gasteiger partial charge in [-0.1, -0.05) is 0 Å². The smallest absolute Gasteiger partial charge is 0.259 e. The third-order valence-corrected chi connectivity index (χ3v) is 2.07. The van der Waals surface area contributed by atoms with Crippen molar-refractivity contribution in [2.75, 3.05) is 7.11 Å². The number of nitrogens with zero attached hydrogens (tertiary/aromatic N) is 3. The first kappa shape index (κ1) is 8.50. The third-order valence-electron chi connectivity index (χ3n) is 1.69. The van der Waals surface area contributed by atoms with Crippen molar-refractivity contribution in [2.45, 2.75) is 6.92 Å². The molecule has 2 aromatic rings. The molecule has 0 aliphatic heterocycles. The molecule has 0 N–H and O–H groups in total. The molecular weight excluding hydrogens is 234 g/mol. The van der Waals surface area contributed by atoms with E-state index in [-0.39, 0.29) is 0 Å². The molecule has 68 valence electrons. The van der Waals surface area contributed by atoms with E-state index in [0.717, 1.165) is 15.9 Å². The Bertz CT molecular complexity index is 452. The molecule has 0 bridgehead atoms. The molecule has 5 heteroatoms. The number of hydrogen-bond acceptors (Lipinski definition) is 3. The van der Waals surface area contributed by atoms with Crippen molar-refractivity contribution in [3.05, 3.63) is 22.7 Å². The van der Waals surface area contributed by atoms with Gasteiger partial charge in [-0.25, -0.2) is 9.97 Å². The second-order valence-electron chi connectivity index (χ2n) is 2.69. The summed E-state index contributed by atoms with van der Waals surface area (Å²) < 4.78 is 7.71. The maximum absolute atomic E-state index is 5.10. The van der Waals surface area contributed by atoms with E-state index in [1.165, 1.54) is 0 Å². The molecule has 0 unspecified atom stereocenters. The summed E-state index contributed by atoms with van der Waals surface area (Å²) >= 11 is 3.29. The third kappa shape index (κ3) is 1.39. The Morgan fingerprint density at radius 3 is 2.85 bits per heavy atom. The lowest BCUT2D eigenvalue weighted by Crippen LogP contribution is -1.94. The van der Waals surface area contributed by atoms with Gasteiger partial charge in [-0.15, -0.1) is 0 Å². The number of fused-ring (bicyclic) bond motifs is 1. The number of ether oxygens (including phenoxy) is 1. The largest absolute Gasteiger partial charge is 0.478 e. The molecule has 0 saturated carbocycles. The van der Waals surface area contributed by atoms with Crippen LogP contribution in [0.5, 0.6) is 5.88 Å². The van der Waals surface area contributed by atoms with Gasteiger partial charge in [-0.2, -0.15) is 0 Å². The van der Waals surface area contributed by atoms with Gasteiger partial charge in [0.1, 0.15) is 4.60 Å². The fourth-order valence-electron chi connectivity index (χ4n) is 1.20. The van der Waals surface area contributed by atoms with Crippen LogP contribution in [0.3, 0.4) is 0 Å². The van der Waals surface area contributed by atoms with Crippen molar-refractivity contribution in [3.63, 3.8) is 0 Å². The van der Waals surface area contributed by atoms with E-state index in [4.69, 9.17) is 4.74 Å². The first-order valence-electron chi connectivity index (χ1n) is 3.76. The predicted octanol–water partition coefficient (Wildman–Crippen LogP) is 1.81. The van der Waals surface area contributed by atoms with Crippen molar-refractivity contribution >= 4 is 21.6 Å². The van der Waals surface area contributed by atoms with Crippen molar-refractivity contribution in [2.24, 2.45) is 0 Å². The summed E-state index contributed by atoms with van der Waals surface area (Å²) in [4.78, 5) is 8.42. The second kappa shape index (κ2) is 2.99. The minimum atomic E-state index is 0.530. The van der Waals surface area contributed by atoms with E-state index in [2.05, 4.69) is 25.9 Å². The summed E-state index contributed by atoms with van der Waals surface area (Å²) in [6.45, 7) is 1.93. The van der Waals surface area contributed by atoms with Crippen LogP contribution in [0.2, 0.25) is 0 Å². The van der Waals surface area contributed by atoms with Gasteiger partial charge in [0.2, 0.25) is 5.65 Å². The first-order chi connectivity index (χ1) is 6.20. The molecule has 0 fully saturated rings. The molecule has 13 heavy (non-hydrogen) atoms. The quantitative estimate of drug-likeness (QED) is 0.765. The number of aromatic nitrogens is 3. The minimum Gasteiger partial charge on any atom is -0.478 e. The van der Waals surface area contributed by atoms with Crippen molar-refractivity contribution in [1.82, 2.24) is 14.4 Å². The van der Waals surface area contributed by atoms with Gasteiger partial charge in [-0.05, 0) is 22.9 Å². The van der Waals surface area contributed by atoms with Gasteiger partial charge in [0, 0.05) is 12.4 Å². The molecule has 0 aromatic carbocycles. The lowest BCUT2D eigenvalue weighted by molar-refractivity contribution is 0.399. The zero-order valence-corrected chi connectivity index (χ0v) is 8.87. The lowest BCUT2D eigenvalue weighted by Gasteiger charge is -2.00. The summed E-state index contributed by atoms with van der Waals surface area (Å²) in [5.41, 5.74) is 1.68. The van der Waals surface area contributed by atoms with Gasteiger partial charge in [0.25, 0.3) is 5.88 Å². The zero-order chi connectivity index (χ0) is 9.42. The van der Waals surface area contributed by atoms with Crippen molar-refractivity contribution in [3.8, 4) is 5.88 Å². The highest BCUT2D eigenvalue weighted by atomic mass is 79.9. The van der Waals surface area contributed by atoms with E-state index >= 15 is 0 Å². The Balaban J connectivity index is 2.80. The number of aryl methyl sites for hydroxylation is 1. The molecular formula is C8H8BrN3O. The maximum Gasteiger partial charge on any atom is 0.259 e. The average Bonchev–Trinajstić information content (AvgIpc) is 2.43. The van der Waals surface area contributed by atoms with Gasteiger partial charge < -0.3 is 4.74 Å². The Morgan fingerprint density at radius 2 is 2.15 bits per heavy atom. The van der Waals surface area contributed by atoms with Crippen LogP contribution in [0.1, 0.15) is 5.69 Å². The summed E-state index contributed by atoms with van der Waals surface area (Å²) in [5.74, 6) is 0.530. The number of halogens is 1. The predicted molar refractivity (Wildman–Crippen MR) is 52.0 cm³/mol. The summed E-state index contributed by atoms with van der Waals surface area (Å²) in [6.07, 6.45) is 3.77. The highest BCUT2D eigenvalue weighted by Crippen LogP contribution is 2.19.